The Labute approximate surface area is 181 Å². The van der Waals surface area contributed by atoms with E-state index in [1.54, 1.807) is 48.2 Å². The number of amides is 1. The molecule has 30 heavy (non-hydrogen) atoms. The van der Waals surface area contributed by atoms with Crippen molar-refractivity contribution in [2.45, 2.75) is 13.3 Å². The first-order valence-electron chi connectivity index (χ1n) is 9.79. The molecule has 2 aliphatic heterocycles. The molecule has 0 spiro atoms. The monoisotopic (exact) mass is 443 g/mol. The van der Waals surface area contributed by atoms with Gasteiger partial charge in [-0.25, -0.2) is 0 Å². The van der Waals surface area contributed by atoms with Gasteiger partial charge in [-0.3, -0.25) is 4.79 Å². The Balaban J connectivity index is 1.56. The van der Waals surface area contributed by atoms with Crippen molar-refractivity contribution in [3.05, 3.63) is 76.3 Å². The quantitative estimate of drug-likeness (QED) is 0.710. The van der Waals surface area contributed by atoms with Crippen molar-refractivity contribution in [2.24, 2.45) is 4.40 Å². The molecule has 0 N–H and O–H groups in total. The first-order valence-corrected chi connectivity index (χ1v) is 11.6. The van der Waals surface area contributed by atoms with E-state index in [0.717, 1.165) is 0 Å². The molecule has 0 unspecified atom stereocenters. The van der Waals surface area contributed by atoms with Crippen LogP contribution in [0.3, 0.4) is 0 Å². The minimum atomic E-state index is -3.75. The number of carbonyl (C=O) groups is 1. The van der Waals surface area contributed by atoms with Gasteiger partial charge in [-0.15, -0.1) is 4.40 Å². The van der Waals surface area contributed by atoms with Crippen LogP contribution in [0.25, 0.3) is 4.91 Å². The summed E-state index contributed by atoms with van der Waals surface area (Å²) >= 11 is 6.19. The Hall–Kier alpha value is -2.64. The largest absolute Gasteiger partial charge is 0.354 e. The van der Waals surface area contributed by atoms with Crippen molar-refractivity contribution in [3.63, 3.8) is 0 Å². The van der Waals surface area contributed by atoms with Gasteiger partial charge >= 0.3 is 0 Å². The highest BCUT2D eigenvalue weighted by Gasteiger charge is 2.34. The summed E-state index contributed by atoms with van der Waals surface area (Å²) < 4.78 is 29.6. The lowest BCUT2D eigenvalue weighted by Crippen LogP contribution is -2.37. The fourth-order valence-corrected chi connectivity index (χ4v) is 5.61. The third-order valence-corrected chi connectivity index (χ3v) is 7.16. The number of amidine groups is 1. The predicted molar refractivity (Wildman–Crippen MR) is 119 cm³/mol. The van der Waals surface area contributed by atoms with Gasteiger partial charge in [0.05, 0.1) is 10.6 Å². The smallest absolute Gasteiger partial charge is 0.285 e. The lowest BCUT2D eigenvalue weighted by molar-refractivity contribution is 0.0764. The van der Waals surface area contributed by atoms with E-state index in [2.05, 4.69) is 4.40 Å². The Bertz CT molecular complexity index is 1140. The molecule has 0 aliphatic carbocycles. The molecule has 1 amide bonds. The number of hydrogen-bond acceptors (Lipinski definition) is 4. The minimum Gasteiger partial charge on any atom is -0.354 e. The average Bonchev–Trinajstić information content (AvgIpc) is 2.89. The van der Waals surface area contributed by atoms with Crippen LogP contribution in [0.15, 0.2) is 64.6 Å². The zero-order chi connectivity index (χ0) is 21.3. The Morgan fingerprint density at radius 2 is 1.67 bits per heavy atom. The maximum Gasteiger partial charge on any atom is 0.285 e. The molecular weight excluding hydrogens is 422 g/mol. The fraction of sp³-hybridized carbons (Fsp3) is 0.273. The number of carbonyl (C=O) groups excluding carboxylic acids is 1. The van der Waals surface area contributed by atoms with Crippen molar-refractivity contribution in [1.29, 1.82) is 0 Å². The van der Waals surface area contributed by atoms with E-state index in [1.807, 2.05) is 23.1 Å². The first-order chi connectivity index (χ1) is 14.4. The van der Waals surface area contributed by atoms with Gasteiger partial charge < -0.3 is 9.80 Å². The van der Waals surface area contributed by atoms with Crippen LogP contribution in [0.1, 0.15) is 29.3 Å². The lowest BCUT2D eigenvalue weighted by atomic mass is 10.1. The molecule has 0 radical (unpaired) electrons. The number of nitrogens with zero attached hydrogens (tertiary/aromatic N) is 3. The van der Waals surface area contributed by atoms with Crippen molar-refractivity contribution < 1.29 is 13.2 Å². The second kappa shape index (κ2) is 8.24. The lowest BCUT2D eigenvalue weighted by Gasteiger charge is -2.24. The molecule has 0 aromatic heterocycles. The van der Waals surface area contributed by atoms with E-state index in [0.29, 0.717) is 60.2 Å². The Morgan fingerprint density at radius 3 is 2.40 bits per heavy atom. The van der Waals surface area contributed by atoms with Crippen molar-refractivity contribution in [2.75, 3.05) is 26.2 Å². The third kappa shape index (κ3) is 3.87. The molecule has 2 heterocycles. The van der Waals surface area contributed by atoms with E-state index in [4.69, 9.17) is 11.6 Å². The molecule has 2 aromatic carbocycles. The zero-order valence-electron chi connectivity index (χ0n) is 16.6. The van der Waals surface area contributed by atoms with Gasteiger partial charge in [0.25, 0.3) is 15.9 Å². The zero-order valence-corrected chi connectivity index (χ0v) is 18.2. The van der Waals surface area contributed by atoms with Crippen LogP contribution < -0.4 is 0 Å². The van der Waals surface area contributed by atoms with E-state index < -0.39 is 10.0 Å². The van der Waals surface area contributed by atoms with Gasteiger partial charge in [-0.05, 0) is 31.0 Å². The molecule has 1 fully saturated rings. The van der Waals surface area contributed by atoms with Gasteiger partial charge in [-0.1, -0.05) is 54.1 Å². The fourth-order valence-electron chi connectivity index (χ4n) is 3.91. The van der Waals surface area contributed by atoms with Gasteiger partial charge in [0.1, 0.15) is 10.7 Å². The summed E-state index contributed by atoms with van der Waals surface area (Å²) in [5, 5.41) is 0.432. The summed E-state index contributed by atoms with van der Waals surface area (Å²) in [5.74, 6) is 0.363. The van der Waals surface area contributed by atoms with Gasteiger partial charge in [0.15, 0.2) is 0 Å². The maximum atomic E-state index is 12.9. The number of halogens is 1. The Morgan fingerprint density at radius 1 is 0.967 bits per heavy atom. The Kier molecular flexibility index (Phi) is 5.66. The standard InChI is InChI=1S/C22H22ClN3O3S/c1-16-20(17-8-3-2-4-9-17)30(28,29)24-21(16)25-12-7-13-26(15-14-25)22(27)18-10-5-6-11-19(18)23/h2-6,8-11H,7,12-15H2,1H3. The van der Waals surface area contributed by atoms with Gasteiger partial charge in [-0.2, -0.15) is 8.42 Å². The van der Waals surface area contributed by atoms with Crippen LogP contribution in [0, 0.1) is 0 Å². The van der Waals surface area contributed by atoms with Crippen molar-refractivity contribution in [1.82, 2.24) is 9.80 Å². The summed E-state index contributed by atoms with van der Waals surface area (Å²) in [6, 6.07) is 16.0. The number of benzene rings is 2. The summed E-state index contributed by atoms with van der Waals surface area (Å²) in [4.78, 5) is 16.9. The number of hydrogen-bond donors (Lipinski definition) is 0. The second-order valence-corrected chi connectivity index (χ2v) is 9.27. The summed E-state index contributed by atoms with van der Waals surface area (Å²) in [6.45, 7) is 3.97. The molecular formula is C22H22ClN3O3S. The molecule has 6 nitrogen and oxygen atoms in total. The summed E-state index contributed by atoms with van der Waals surface area (Å²) in [6.07, 6.45) is 0.712. The van der Waals surface area contributed by atoms with E-state index >= 15 is 0 Å². The normalized spacial score (nSPS) is 18.9. The van der Waals surface area contributed by atoms with Gasteiger partial charge in [0.2, 0.25) is 0 Å². The second-order valence-electron chi connectivity index (χ2n) is 7.32. The number of rotatable bonds is 2. The van der Waals surface area contributed by atoms with E-state index in [-0.39, 0.29) is 10.8 Å². The minimum absolute atomic E-state index is 0.110. The van der Waals surface area contributed by atoms with Crippen LogP contribution in [-0.2, 0) is 10.0 Å². The van der Waals surface area contributed by atoms with Crippen molar-refractivity contribution in [3.8, 4) is 0 Å². The molecule has 156 valence electrons. The topological polar surface area (TPSA) is 70.1 Å². The average molecular weight is 444 g/mol. The molecule has 2 aliphatic rings. The summed E-state index contributed by atoms with van der Waals surface area (Å²) in [7, 11) is -3.75. The molecule has 1 saturated heterocycles. The van der Waals surface area contributed by atoms with Crippen LogP contribution >= 0.6 is 11.6 Å². The highest BCUT2D eigenvalue weighted by molar-refractivity contribution is 8.00. The van der Waals surface area contributed by atoms with Crippen LogP contribution in [-0.4, -0.2) is 56.1 Å². The van der Waals surface area contributed by atoms with E-state index in [9.17, 15) is 13.2 Å². The molecule has 0 bridgehead atoms. The first kappa shape index (κ1) is 20.6. The molecule has 0 saturated carbocycles. The van der Waals surface area contributed by atoms with Crippen LogP contribution in [0.4, 0.5) is 0 Å². The third-order valence-electron chi connectivity index (χ3n) is 5.36. The van der Waals surface area contributed by atoms with Gasteiger partial charge in [0, 0.05) is 31.8 Å². The maximum absolute atomic E-state index is 12.9. The predicted octanol–water partition coefficient (Wildman–Crippen LogP) is 3.66. The molecule has 4 rings (SSSR count). The van der Waals surface area contributed by atoms with Crippen molar-refractivity contribution >= 4 is 38.3 Å². The highest BCUT2D eigenvalue weighted by Crippen LogP contribution is 2.33. The van der Waals surface area contributed by atoms with Crippen LogP contribution in [0.2, 0.25) is 5.02 Å². The molecule has 2 aromatic rings. The SMILES string of the molecule is CC1=C(c2ccccc2)S(=O)(=O)N=C1N1CCCN(C(=O)c2ccccc2Cl)CC1. The van der Waals surface area contributed by atoms with E-state index in [1.165, 1.54) is 0 Å². The molecule has 0 atom stereocenters. The highest BCUT2D eigenvalue weighted by atomic mass is 35.5. The summed E-state index contributed by atoms with van der Waals surface area (Å²) in [5.41, 5.74) is 1.77. The van der Waals surface area contributed by atoms with Crippen LogP contribution in [0.5, 0.6) is 0 Å². The number of sulfonamides is 1. The molecule has 8 heteroatoms.